The zero-order chi connectivity index (χ0) is 19.9. The Hall–Kier alpha value is -2.46. The molecule has 0 radical (unpaired) electrons. The number of benzene rings is 1. The number of hydrogen-bond donors (Lipinski definition) is 2. The third-order valence-corrected chi connectivity index (χ3v) is 5.54. The van der Waals surface area contributed by atoms with E-state index in [0.717, 1.165) is 4.90 Å². The third-order valence-electron chi connectivity index (χ3n) is 4.62. The molecule has 10 heteroatoms. The van der Waals surface area contributed by atoms with E-state index >= 15 is 0 Å². The standard InChI is InChI=1S/C16H21N3O6S/c1-16(2,15(22)23)18(3)14(21)10-7-13(20)19(9-10)11-5-4-6-12(8-11)26(17,24)25/h4-6,8,10H,7,9H2,1-3H3,(H,22,23)(H2,17,24,25). The number of carboxylic acid groups (broad SMARTS) is 1. The van der Waals surface area contributed by atoms with E-state index in [-0.39, 0.29) is 23.8 Å². The van der Waals surface area contributed by atoms with Crippen molar-refractivity contribution >= 4 is 33.5 Å². The fourth-order valence-corrected chi connectivity index (χ4v) is 3.20. The number of primary sulfonamides is 1. The molecule has 2 rings (SSSR count). The minimum Gasteiger partial charge on any atom is -0.480 e. The molecule has 1 saturated heterocycles. The average molecular weight is 383 g/mol. The second kappa shape index (κ2) is 6.69. The highest BCUT2D eigenvalue weighted by atomic mass is 32.2. The van der Waals surface area contributed by atoms with Crippen LogP contribution in [-0.2, 0) is 24.4 Å². The number of amides is 2. The first-order chi connectivity index (χ1) is 11.9. The number of carboxylic acids is 1. The molecule has 142 valence electrons. The Balaban J connectivity index is 2.24. The van der Waals surface area contributed by atoms with Crippen molar-refractivity contribution in [2.45, 2.75) is 30.7 Å². The maximum absolute atomic E-state index is 12.6. The number of nitrogens with zero attached hydrogens (tertiary/aromatic N) is 2. The van der Waals surface area contributed by atoms with E-state index in [9.17, 15) is 27.9 Å². The lowest BCUT2D eigenvalue weighted by molar-refractivity contribution is -0.156. The molecule has 0 spiro atoms. The minimum atomic E-state index is -3.92. The fraction of sp³-hybridized carbons (Fsp3) is 0.438. The van der Waals surface area contributed by atoms with E-state index < -0.39 is 33.4 Å². The molecular weight excluding hydrogens is 362 g/mol. The Bertz CT molecular complexity index is 864. The highest BCUT2D eigenvalue weighted by Gasteiger charge is 2.42. The first-order valence-electron chi connectivity index (χ1n) is 7.80. The summed E-state index contributed by atoms with van der Waals surface area (Å²) in [5, 5.41) is 14.4. The van der Waals surface area contributed by atoms with Gasteiger partial charge in [-0.25, -0.2) is 18.4 Å². The molecule has 3 N–H and O–H groups in total. The number of carbonyl (C=O) groups is 3. The van der Waals surface area contributed by atoms with Crippen LogP contribution in [0, 0.1) is 5.92 Å². The molecule has 1 aromatic rings. The molecule has 9 nitrogen and oxygen atoms in total. The van der Waals surface area contributed by atoms with Crippen LogP contribution in [0.5, 0.6) is 0 Å². The number of carbonyl (C=O) groups excluding carboxylic acids is 2. The molecule has 26 heavy (non-hydrogen) atoms. The van der Waals surface area contributed by atoms with Gasteiger partial charge in [0.1, 0.15) is 5.54 Å². The molecule has 1 aliphatic rings. The zero-order valence-corrected chi connectivity index (χ0v) is 15.5. The number of hydrogen-bond acceptors (Lipinski definition) is 5. The summed E-state index contributed by atoms with van der Waals surface area (Å²) in [5.74, 6) is -2.69. The predicted octanol–water partition coefficient (Wildman–Crippen LogP) is 0.00850. The lowest BCUT2D eigenvalue weighted by Crippen LogP contribution is -2.52. The Morgan fingerprint density at radius 3 is 2.50 bits per heavy atom. The summed E-state index contributed by atoms with van der Waals surface area (Å²) in [6, 6.07) is 5.58. The van der Waals surface area contributed by atoms with Crippen LogP contribution in [0.3, 0.4) is 0 Å². The second-order valence-corrected chi connectivity index (χ2v) is 8.27. The Labute approximate surface area is 151 Å². The smallest absolute Gasteiger partial charge is 0.329 e. The molecule has 0 saturated carbocycles. The summed E-state index contributed by atoms with van der Waals surface area (Å²) in [6.07, 6.45) is -0.0848. The van der Waals surface area contributed by atoms with Crippen LogP contribution in [0.25, 0.3) is 0 Å². The van der Waals surface area contributed by atoms with Gasteiger partial charge in [-0.3, -0.25) is 9.59 Å². The van der Waals surface area contributed by atoms with Gasteiger partial charge in [-0.2, -0.15) is 0 Å². The first kappa shape index (κ1) is 19.9. The van der Waals surface area contributed by atoms with Crippen molar-refractivity contribution in [3.8, 4) is 0 Å². The van der Waals surface area contributed by atoms with Gasteiger partial charge in [0, 0.05) is 25.7 Å². The van der Waals surface area contributed by atoms with Crippen molar-refractivity contribution in [2.75, 3.05) is 18.5 Å². The number of aliphatic carboxylic acids is 1. The molecule has 2 amide bonds. The van der Waals surface area contributed by atoms with E-state index in [1.165, 1.54) is 44.0 Å². The zero-order valence-electron chi connectivity index (χ0n) is 14.7. The molecule has 1 heterocycles. The molecule has 1 atom stereocenters. The number of sulfonamides is 1. The van der Waals surface area contributed by atoms with E-state index in [1.807, 2.05) is 0 Å². The number of nitrogens with two attached hydrogens (primary N) is 1. The molecule has 1 aliphatic heterocycles. The van der Waals surface area contributed by atoms with Crippen molar-refractivity contribution in [3.05, 3.63) is 24.3 Å². The summed E-state index contributed by atoms with van der Waals surface area (Å²) in [4.78, 5) is 38.5. The van der Waals surface area contributed by atoms with Crippen molar-refractivity contribution in [1.29, 1.82) is 0 Å². The van der Waals surface area contributed by atoms with Crippen molar-refractivity contribution < 1.29 is 27.9 Å². The van der Waals surface area contributed by atoms with Crippen LogP contribution in [0.1, 0.15) is 20.3 Å². The lowest BCUT2D eigenvalue weighted by atomic mass is 10.00. The second-order valence-electron chi connectivity index (χ2n) is 6.71. The average Bonchev–Trinajstić information content (AvgIpc) is 2.94. The lowest BCUT2D eigenvalue weighted by Gasteiger charge is -2.33. The quantitative estimate of drug-likeness (QED) is 0.734. The van der Waals surface area contributed by atoms with Crippen molar-refractivity contribution in [1.82, 2.24) is 4.90 Å². The minimum absolute atomic E-state index is 0.0335. The first-order valence-corrected chi connectivity index (χ1v) is 9.34. The molecular formula is C16H21N3O6S. The monoisotopic (exact) mass is 383 g/mol. The topological polar surface area (TPSA) is 138 Å². The summed E-state index contributed by atoms with van der Waals surface area (Å²) < 4.78 is 23.0. The summed E-state index contributed by atoms with van der Waals surface area (Å²) in [6.45, 7) is 2.83. The maximum atomic E-state index is 12.6. The Kier molecular flexibility index (Phi) is 5.11. The van der Waals surface area contributed by atoms with Gasteiger partial charge in [0.25, 0.3) is 0 Å². The number of rotatable bonds is 5. The van der Waals surface area contributed by atoms with Gasteiger partial charge < -0.3 is 14.9 Å². The van der Waals surface area contributed by atoms with Crippen LogP contribution in [0.2, 0.25) is 0 Å². The summed E-state index contributed by atoms with van der Waals surface area (Å²) >= 11 is 0. The van der Waals surface area contributed by atoms with E-state index in [1.54, 1.807) is 6.07 Å². The van der Waals surface area contributed by atoms with Crippen LogP contribution in [-0.4, -0.2) is 55.3 Å². The van der Waals surface area contributed by atoms with Gasteiger partial charge in [-0.05, 0) is 32.0 Å². The molecule has 1 unspecified atom stereocenters. The van der Waals surface area contributed by atoms with Crippen molar-refractivity contribution in [2.24, 2.45) is 11.1 Å². The van der Waals surface area contributed by atoms with Crippen LogP contribution >= 0.6 is 0 Å². The predicted molar refractivity (Wildman–Crippen MR) is 92.8 cm³/mol. The van der Waals surface area contributed by atoms with Crippen LogP contribution < -0.4 is 10.0 Å². The highest BCUT2D eigenvalue weighted by Crippen LogP contribution is 2.29. The molecule has 0 aromatic heterocycles. The van der Waals surface area contributed by atoms with E-state index in [4.69, 9.17) is 5.14 Å². The number of likely N-dealkylation sites (N-methyl/N-ethyl adjacent to an activating group) is 1. The van der Waals surface area contributed by atoms with Gasteiger partial charge in [0.15, 0.2) is 0 Å². The Morgan fingerprint density at radius 2 is 1.96 bits per heavy atom. The molecule has 0 bridgehead atoms. The maximum Gasteiger partial charge on any atom is 0.329 e. The van der Waals surface area contributed by atoms with Crippen LogP contribution in [0.15, 0.2) is 29.2 Å². The highest BCUT2D eigenvalue weighted by molar-refractivity contribution is 7.89. The third kappa shape index (κ3) is 3.70. The van der Waals surface area contributed by atoms with E-state index in [0.29, 0.717) is 5.69 Å². The molecule has 1 fully saturated rings. The Morgan fingerprint density at radius 1 is 1.35 bits per heavy atom. The fourth-order valence-electron chi connectivity index (χ4n) is 2.64. The number of anilines is 1. The summed E-state index contributed by atoms with van der Waals surface area (Å²) in [7, 11) is -2.54. The van der Waals surface area contributed by atoms with Crippen molar-refractivity contribution in [3.63, 3.8) is 0 Å². The van der Waals surface area contributed by atoms with Gasteiger partial charge >= 0.3 is 5.97 Å². The molecule has 0 aliphatic carbocycles. The van der Waals surface area contributed by atoms with Gasteiger partial charge in [-0.15, -0.1) is 0 Å². The van der Waals surface area contributed by atoms with Crippen LogP contribution in [0.4, 0.5) is 5.69 Å². The summed E-state index contributed by atoms with van der Waals surface area (Å²) in [5.41, 5.74) is -1.10. The SMILES string of the molecule is CN(C(=O)C1CC(=O)N(c2cccc(S(N)(=O)=O)c2)C1)C(C)(C)C(=O)O. The largest absolute Gasteiger partial charge is 0.480 e. The van der Waals surface area contributed by atoms with Gasteiger partial charge in [-0.1, -0.05) is 6.07 Å². The van der Waals surface area contributed by atoms with E-state index in [2.05, 4.69) is 0 Å². The normalized spacial score (nSPS) is 18.1. The molecule has 1 aromatic carbocycles. The van der Waals surface area contributed by atoms with Gasteiger partial charge in [0.05, 0.1) is 10.8 Å². The van der Waals surface area contributed by atoms with Gasteiger partial charge in [0.2, 0.25) is 21.8 Å².